The number of likely N-dealkylation sites (N-methyl/N-ethyl adjacent to an activating group) is 1. The maximum atomic E-state index is 13.5. The maximum Gasteiger partial charge on any atom is 0.123 e. The molecule has 112 valence electrons. The molecular weight excluding hydrogens is 253 g/mol. The van der Waals surface area contributed by atoms with E-state index in [1.807, 2.05) is 13.0 Å². The SMILES string of the molecule is CCNC(Cc1cc(F)ccc1C)C1(C)CCCCO1. The second kappa shape index (κ2) is 6.68. The second-order valence-electron chi connectivity index (χ2n) is 6.00. The molecule has 0 amide bonds. The van der Waals surface area contributed by atoms with E-state index in [1.165, 1.54) is 12.5 Å². The smallest absolute Gasteiger partial charge is 0.123 e. The van der Waals surface area contributed by atoms with Crippen molar-refractivity contribution >= 4 is 0 Å². The van der Waals surface area contributed by atoms with Crippen molar-refractivity contribution in [1.82, 2.24) is 5.32 Å². The average Bonchev–Trinajstić information content (AvgIpc) is 2.43. The molecule has 2 nitrogen and oxygen atoms in total. The summed E-state index contributed by atoms with van der Waals surface area (Å²) in [4.78, 5) is 0. The lowest BCUT2D eigenvalue weighted by atomic mass is 9.84. The quantitative estimate of drug-likeness (QED) is 0.889. The van der Waals surface area contributed by atoms with E-state index < -0.39 is 0 Å². The van der Waals surface area contributed by atoms with Gasteiger partial charge in [-0.1, -0.05) is 13.0 Å². The predicted octanol–water partition coefficient (Wildman–Crippen LogP) is 3.61. The number of halogens is 1. The molecule has 1 N–H and O–H groups in total. The van der Waals surface area contributed by atoms with Gasteiger partial charge in [0.25, 0.3) is 0 Å². The molecule has 3 heteroatoms. The predicted molar refractivity (Wildman–Crippen MR) is 80.5 cm³/mol. The first-order chi connectivity index (χ1) is 9.55. The van der Waals surface area contributed by atoms with Crippen LogP contribution in [0.3, 0.4) is 0 Å². The average molecular weight is 279 g/mol. The van der Waals surface area contributed by atoms with E-state index in [1.54, 1.807) is 6.07 Å². The number of ether oxygens (including phenoxy) is 1. The third kappa shape index (κ3) is 3.58. The molecule has 2 rings (SSSR count). The molecule has 0 aliphatic carbocycles. The lowest BCUT2D eigenvalue weighted by Crippen LogP contribution is -2.53. The molecule has 0 saturated carbocycles. The van der Waals surface area contributed by atoms with Gasteiger partial charge in [-0.25, -0.2) is 4.39 Å². The third-order valence-corrected chi connectivity index (χ3v) is 4.42. The molecular formula is C17H26FNO. The van der Waals surface area contributed by atoms with Gasteiger partial charge >= 0.3 is 0 Å². The van der Waals surface area contributed by atoms with Crippen LogP contribution in [0.25, 0.3) is 0 Å². The van der Waals surface area contributed by atoms with E-state index in [0.29, 0.717) is 0 Å². The van der Waals surface area contributed by atoms with Gasteiger partial charge in [-0.2, -0.15) is 0 Å². The molecule has 1 aromatic carbocycles. The molecule has 1 aliphatic heterocycles. The standard InChI is InChI=1S/C17H26FNO/c1-4-19-16(17(3)9-5-6-10-20-17)12-14-11-15(18)8-7-13(14)2/h7-8,11,16,19H,4-6,9-10,12H2,1-3H3. The fraction of sp³-hybridized carbons (Fsp3) is 0.647. The zero-order valence-corrected chi connectivity index (χ0v) is 12.8. The minimum atomic E-state index is -0.157. The lowest BCUT2D eigenvalue weighted by molar-refractivity contribution is -0.0881. The van der Waals surface area contributed by atoms with E-state index in [-0.39, 0.29) is 17.5 Å². The summed E-state index contributed by atoms with van der Waals surface area (Å²) in [7, 11) is 0. The van der Waals surface area contributed by atoms with Crippen LogP contribution in [0.15, 0.2) is 18.2 Å². The summed E-state index contributed by atoms with van der Waals surface area (Å²) in [6.45, 7) is 8.08. The van der Waals surface area contributed by atoms with Crippen molar-refractivity contribution in [2.45, 2.75) is 58.1 Å². The molecule has 2 atom stereocenters. The number of aryl methyl sites for hydroxylation is 1. The molecule has 1 saturated heterocycles. The molecule has 2 unspecified atom stereocenters. The van der Waals surface area contributed by atoms with Crippen LogP contribution in [0.4, 0.5) is 4.39 Å². The topological polar surface area (TPSA) is 21.3 Å². The number of rotatable bonds is 5. The number of hydrogen-bond donors (Lipinski definition) is 1. The Labute approximate surface area is 121 Å². The van der Waals surface area contributed by atoms with Crippen LogP contribution < -0.4 is 5.32 Å². The van der Waals surface area contributed by atoms with Gasteiger partial charge in [0, 0.05) is 12.6 Å². The largest absolute Gasteiger partial charge is 0.374 e. The molecule has 1 aromatic rings. The van der Waals surface area contributed by atoms with Crippen LogP contribution in [0.2, 0.25) is 0 Å². The lowest BCUT2D eigenvalue weighted by Gasteiger charge is -2.41. The van der Waals surface area contributed by atoms with Crippen LogP contribution in [0, 0.1) is 12.7 Å². The Hall–Kier alpha value is -0.930. The number of benzene rings is 1. The zero-order valence-electron chi connectivity index (χ0n) is 12.8. The highest BCUT2D eigenvalue weighted by atomic mass is 19.1. The molecule has 0 spiro atoms. The first-order valence-electron chi connectivity index (χ1n) is 7.67. The fourth-order valence-corrected chi connectivity index (χ4v) is 3.06. The van der Waals surface area contributed by atoms with Crippen molar-refractivity contribution in [1.29, 1.82) is 0 Å². The summed E-state index contributed by atoms with van der Waals surface area (Å²) in [5, 5.41) is 3.54. The Morgan fingerprint density at radius 3 is 2.85 bits per heavy atom. The van der Waals surface area contributed by atoms with Gasteiger partial charge in [-0.15, -0.1) is 0 Å². The van der Waals surface area contributed by atoms with Gasteiger partial charge in [0.2, 0.25) is 0 Å². The zero-order chi connectivity index (χ0) is 14.6. The van der Waals surface area contributed by atoms with Gasteiger partial charge in [0.1, 0.15) is 5.82 Å². The summed E-state index contributed by atoms with van der Waals surface area (Å²) in [5.74, 6) is -0.157. The Morgan fingerprint density at radius 1 is 1.40 bits per heavy atom. The van der Waals surface area contributed by atoms with Crippen molar-refractivity contribution in [2.24, 2.45) is 0 Å². The Kier molecular flexibility index (Phi) is 5.17. The van der Waals surface area contributed by atoms with Crippen molar-refractivity contribution < 1.29 is 9.13 Å². The van der Waals surface area contributed by atoms with Crippen LogP contribution in [0.5, 0.6) is 0 Å². The minimum absolute atomic E-state index is 0.146. The highest BCUT2D eigenvalue weighted by Gasteiger charge is 2.36. The van der Waals surface area contributed by atoms with Gasteiger partial charge in [-0.3, -0.25) is 0 Å². The van der Waals surface area contributed by atoms with Crippen LogP contribution in [-0.4, -0.2) is 24.8 Å². The van der Waals surface area contributed by atoms with Crippen molar-refractivity contribution in [2.75, 3.05) is 13.2 Å². The first kappa shape index (κ1) is 15.5. The van der Waals surface area contributed by atoms with Gasteiger partial charge in [-0.05, 0) is 69.3 Å². The van der Waals surface area contributed by atoms with E-state index in [2.05, 4.69) is 19.2 Å². The van der Waals surface area contributed by atoms with Gasteiger partial charge in [0.05, 0.1) is 5.60 Å². The Bertz CT molecular complexity index is 441. The van der Waals surface area contributed by atoms with E-state index in [9.17, 15) is 4.39 Å². The fourth-order valence-electron chi connectivity index (χ4n) is 3.06. The first-order valence-corrected chi connectivity index (χ1v) is 7.67. The molecule has 0 aromatic heterocycles. The Balaban J connectivity index is 2.18. The molecule has 1 heterocycles. The van der Waals surface area contributed by atoms with Gasteiger partial charge in [0.15, 0.2) is 0 Å². The summed E-state index contributed by atoms with van der Waals surface area (Å²) in [6, 6.07) is 5.28. The summed E-state index contributed by atoms with van der Waals surface area (Å²) in [6.07, 6.45) is 4.24. The van der Waals surface area contributed by atoms with Crippen LogP contribution >= 0.6 is 0 Å². The van der Waals surface area contributed by atoms with Crippen molar-refractivity contribution in [3.8, 4) is 0 Å². The van der Waals surface area contributed by atoms with Crippen LogP contribution in [0.1, 0.15) is 44.2 Å². The van der Waals surface area contributed by atoms with Gasteiger partial charge < -0.3 is 10.1 Å². The third-order valence-electron chi connectivity index (χ3n) is 4.42. The summed E-state index contributed by atoms with van der Waals surface area (Å²) in [5.41, 5.74) is 2.08. The molecule has 0 radical (unpaired) electrons. The second-order valence-corrected chi connectivity index (χ2v) is 6.00. The molecule has 20 heavy (non-hydrogen) atoms. The Morgan fingerprint density at radius 2 is 2.20 bits per heavy atom. The maximum absolute atomic E-state index is 13.5. The molecule has 0 bridgehead atoms. The van der Waals surface area contributed by atoms with E-state index in [4.69, 9.17) is 4.74 Å². The molecule has 1 fully saturated rings. The molecule has 1 aliphatic rings. The highest BCUT2D eigenvalue weighted by molar-refractivity contribution is 5.28. The summed E-state index contributed by atoms with van der Waals surface area (Å²) >= 11 is 0. The highest BCUT2D eigenvalue weighted by Crippen LogP contribution is 2.30. The van der Waals surface area contributed by atoms with Crippen molar-refractivity contribution in [3.05, 3.63) is 35.1 Å². The van der Waals surface area contributed by atoms with E-state index >= 15 is 0 Å². The van der Waals surface area contributed by atoms with E-state index in [0.717, 1.165) is 43.5 Å². The van der Waals surface area contributed by atoms with Crippen molar-refractivity contribution in [3.63, 3.8) is 0 Å². The van der Waals surface area contributed by atoms with Crippen LogP contribution in [-0.2, 0) is 11.2 Å². The number of nitrogens with one attached hydrogen (secondary N) is 1. The number of hydrogen-bond acceptors (Lipinski definition) is 2. The normalized spacial score (nSPS) is 24.6. The monoisotopic (exact) mass is 279 g/mol. The minimum Gasteiger partial charge on any atom is -0.374 e. The summed E-state index contributed by atoms with van der Waals surface area (Å²) < 4.78 is 19.5.